The Morgan fingerprint density at radius 3 is 2.78 bits per heavy atom. The highest BCUT2D eigenvalue weighted by Gasteiger charge is 2.16. The average molecular weight is 347 g/mol. The summed E-state index contributed by atoms with van der Waals surface area (Å²) in [5, 5.41) is 1.73. The topological polar surface area (TPSA) is 48.1 Å². The fourth-order valence-corrected chi connectivity index (χ4v) is 3.90. The smallest absolute Gasteiger partial charge is 0.137 e. The van der Waals surface area contributed by atoms with Gasteiger partial charge in [-0.1, -0.05) is 29.8 Å². The third-order valence-corrected chi connectivity index (χ3v) is 5.22. The predicted molar refractivity (Wildman–Crippen MR) is 97.7 cm³/mol. The van der Waals surface area contributed by atoms with Gasteiger partial charge < -0.3 is 10.5 Å². The van der Waals surface area contributed by atoms with E-state index < -0.39 is 0 Å². The number of fused-ring (bicyclic) bond motifs is 1. The van der Waals surface area contributed by atoms with Crippen molar-refractivity contribution in [3.8, 4) is 5.75 Å². The lowest BCUT2D eigenvalue weighted by atomic mass is 10.00. The Labute approximate surface area is 145 Å². The Hall–Kier alpha value is -1.62. The highest BCUT2D eigenvalue weighted by Crippen LogP contribution is 2.31. The van der Waals surface area contributed by atoms with E-state index in [1.165, 1.54) is 4.70 Å². The monoisotopic (exact) mass is 346 g/mol. The fraction of sp³-hybridized carbons (Fsp3) is 0.278. The van der Waals surface area contributed by atoms with E-state index in [2.05, 4.69) is 6.07 Å². The molecule has 3 nitrogen and oxygen atoms in total. The number of para-hydroxylation sites is 1. The van der Waals surface area contributed by atoms with Crippen molar-refractivity contribution < 1.29 is 4.74 Å². The van der Waals surface area contributed by atoms with Crippen molar-refractivity contribution in [3.63, 3.8) is 0 Å². The van der Waals surface area contributed by atoms with Crippen molar-refractivity contribution in [1.82, 2.24) is 4.98 Å². The maximum atomic E-state index is 6.28. The van der Waals surface area contributed by atoms with E-state index in [0.717, 1.165) is 28.3 Å². The van der Waals surface area contributed by atoms with Gasteiger partial charge in [0.15, 0.2) is 0 Å². The summed E-state index contributed by atoms with van der Waals surface area (Å²) in [7, 11) is 0. The number of halogens is 1. The number of ether oxygens (including phenoxy) is 1. The fourth-order valence-electron chi connectivity index (χ4n) is 2.56. The lowest BCUT2D eigenvalue weighted by Gasteiger charge is -2.13. The summed E-state index contributed by atoms with van der Waals surface area (Å²) in [6.07, 6.45) is 0.822. The van der Waals surface area contributed by atoms with Gasteiger partial charge >= 0.3 is 0 Å². The largest absolute Gasteiger partial charge is 0.492 e. The van der Waals surface area contributed by atoms with Gasteiger partial charge in [0.05, 0.1) is 26.9 Å². The maximum absolute atomic E-state index is 6.28. The Kier molecular flexibility index (Phi) is 5.16. The highest BCUT2D eigenvalue weighted by atomic mass is 35.5. The van der Waals surface area contributed by atoms with Crippen molar-refractivity contribution in [2.24, 2.45) is 5.73 Å². The molecular formula is C18H19ClN2OS. The molecule has 0 aliphatic heterocycles. The van der Waals surface area contributed by atoms with Crippen LogP contribution in [0.15, 0.2) is 42.5 Å². The molecule has 0 bridgehead atoms. The molecule has 1 unspecified atom stereocenters. The van der Waals surface area contributed by atoms with E-state index in [4.69, 9.17) is 27.1 Å². The van der Waals surface area contributed by atoms with Crippen molar-refractivity contribution >= 4 is 33.2 Å². The molecular weight excluding hydrogens is 328 g/mol. The van der Waals surface area contributed by atoms with Gasteiger partial charge in [0, 0.05) is 12.5 Å². The van der Waals surface area contributed by atoms with Crippen LogP contribution in [0.25, 0.3) is 10.2 Å². The first-order chi connectivity index (χ1) is 11.2. The third-order valence-electron chi connectivity index (χ3n) is 3.72. The summed E-state index contributed by atoms with van der Waals surface area (Å²) in [5.41, 5.74) is 8.18. The second kappa shape index (κ2) is 7.30. The zero-order valence-corrected chi connectivity index (χ0v) is 14.5. The van der Waals surface area contributed by atoms with Gasteiger partial charge in [-0.2, -0.15) is 0 Å². The Balaban J connectivity index is 1.83. The molecule has 120 valence electrons. The lowest BCUT2D eigenvalue weighted by molar-refractivity contribution is 0.340. The minimum Gasteiger partial charge on any atom is -0.492 e. The van der Waals surface area contributed by atoms with Gasteiger partial charge in [-0.25, -0.2) is 4.98 Å². The summed E-state index contributed by atoms with van der Waals surface area (Å²) in [4.78, 5) is 4.73. The average Bonchev–Trinajstić information content (AvgIpc) is 2.99. The SMILES string of the molecule is CCOc1ccc(CC(CN)c2nc3ccccc3s2)cc1Cl. The highest BCUT2D eigenvalue weighted by molar-refractivity contribution is 7.18. The quantitative estimate of drug-likeness (QED) is 0.707. The van der Waals surface area contributed by atoms with Gasteiger partial charge in [-0.15, -0.1) is 11.3 Å². The van der Waals surface area contributed by atoms with Gasteiger partial charge in [0.2, 0.25) is 0 Å². The number of nitrogens with two attached hydrogens (primary N) is 1. The van der Waals surface area contributed by atoms with E-state index in [1.807, 2.05) is 43.3 Å². The number of thiazole rings is 1. The molecule has 3 aromatic rings. The zero-order valence-electron chi connectivity index (χ0n) is 13.0. The molecule has 0 saturated heterocycles. The summed E-state index contributed by atoms with van der Waals surface area (Å²) < 4.78 is 6.68. The minimum atomic E-state index is 0.196. The number of aromatic nitrogens is 1. The maximum Gasteiger partial charge on any atom is 0.137 e. The van der Waals surface area contributed by atoms with Crippen LogP contribution < -0.4 is 10.5 Å². The predicted octanol–water partition coefficient (Wildman–Crippen LogP) is 4.63. The first-order valence-electron chi connectivity index (χ1n) is 7.68. The van der Waals surface area contributed by atoms with Crippen LogP contribution in [0, 0.1) is 0 Å². The molecule has 23 heavy (non-hydrogen) atoms. The van der Waals surface area contributed by atoms with Crippen molar-refractivity contribution in [3.05, 3.63) is 58.1 Å². The molecule has 0 aliphatic carbocycles. The van der Waals surface area contributed by atoms with Crippen LogP contribution in [-0.4, -0.2) is 18.1 Å². The molecule has 5 heteroatoms. The molecule has 2 aromatic carbocycles. The van der Waals surface area contributed by atoms with Crippen LogP contribution in [0.4, 0.5) is 0 Å². The van der Waals surface area contributed by atoms with Crippen LogP contribution in [0.2, 0.25) is 5.02 Å². The van der Waals surface area contributed by atoms with E-state index >= 15 is 0 Å². The normalized spacial score (nSPS) is 12.5. The lowest BCUT2D eigenvalue weighted by Crippen LogP contribution is -2.14. The second-order valence-corrected chi connectivity index (χ2v) is 6.82. The molecule has 1 aromatic heterocycles. The Morgan fingerprint density at radius 1 is 1.26 bits per heavy atom. The van der Waals surface area contributed by atoms with Crippen LogP contribution in [0.5, 0.6) is 5.75 Å². The van der Waals surface area contributed by atoms with Gasteiger partial charge in [-0.05, 0) is 43.2 Å². The molecule has 2 N–H and O–H groups in total. The number of nitrogens with zero attached hydrogens (tertiary/aromatic N) is 1. The number of rotatable bonds is 6. The van der Waals surface area contributed by atoms with Gasteiger partial charge in [0.25, 0.3) is 0 Å². The van der Waals surface area contributed by atoms with E-state index in [1.54, 1.807) is 11.3 Å². The van der Waals surface area contributed by atoms with Crippen LogP contribution in [-0.2, 0) is 6.42 Å². The number of hydrogen-bond donors (Lipinski definition) is 1. The molecule has 1 heterocycles. The summed E-state index contributed by atoms with van der Waals surface area (Å²) in [6.45, 7) is 3.11. The minimum absolute atomic E-state index is 0.196. The molecule has 0 spiro atoms. The molecule has 0 aliphatic rings. The van der Waals surface area contributed by atoms with E-state index in [-0.39, 0.29) is 5.92 Å². The van der Waals surface area contributed by atoms with Crippen molar-refractivity contribution in [2.45, 2.75) is 19.3 Å². The summed E-state index contributed by atoms with van der Waals surface area (Å²) >= 11 is 7.99. The molecule has 1 atom stereocenters. The first-order valence-corrected chi connectivity index (χ1v) is 8.87. The van der Waals surface area contributed by atoms with Gasteiger partial charge in [0.1, 0.15) is 5.75 Å². The number of hydrogen-bond acceptors (Lipinski definition) is 4. The summed E-state index contributed by atoms with van der Waals surface area (Å²) in [6, 6.07) is 14.1. The standard InChI is InChI=1S/C18H19ClN2OS/c1-2-22-16-8-7-12(10-14(16)19)9-13(11-20)18-21-15-5-3-4-6-17(15)23-18/h3-8,10,13H,2,9,11,20H2,1H3. The first kappa shape index (κ1) is 16.2. The molecule has 3 rings (SSSR count). The van der Waals surface area contributed by atoms with Crippen LogP contribution in [0.1, 0.15) is 23.4 Å². The van der Waals surface area contributed by atoms with Crippen LogP contribution >= 0.6 is 22.9 Å². The number of benzene rings is 2. The van der Waals surface area contributed by atoms with Crippen molar-refractivity contribution in [2.75, 3.05) is 13.2 Å². The Bertz CT molecular complexity index is 770. The third kappa shape index (κ3) is 3.66. The molecule has 0 fully saturated rings. The molecule has 0 saturated carbocycles. The summed E-state index contributed by atoms with van der Waals surface area (Å²) in [5.74, 6) is 0.920. The van der Waals surface area contributed by atoms with E-state index in [0.29, 0.717) is 18.2 Å². The molecule has 0 radical (unpaired) electrons. The second-order valence-electron chi connectivity index (χ2n) is 5.35. The van der Waals surface area contributed by atoms with E-state index in [9.17, 15) is 0 Å². The van der Waals surface area contributed by atoms with Crippen LogP contribution in [0.3, 0.4) is 0 Å². The Morgan fingerprint density at radius 2 is 2.09 bits per heavy atom. The van der Waals surface area contributed by atoms with Gasteiger partial charge in [-0.3, -0.25) is 0 Å². The molecule has 0 amide bonds. The zero-order chi connectivity index (χ0) is 16.2. The van der Waals surface area contributed by atoms with Crippen molar-refractivity contribution in [1.29, 1.82) is 0 Å².